The van der Waals surface area contributed by atoms with Crippen LogP contribution in [0.1, 0.15) is 25.0 Å². The summed E-state index contributed by atoms with van der Waals surface area (Å²) in [4.78, 5) is 12.1. The molecule has 0 aliphatic heterocycles. The summed E-state index contributed by atoms with van der Waals surface area (Å²) >= 11 is 0. The van der Waals surface area contributed by atoms with E-state index in [1.165, 1.54) is 0 Å². The van der Waals surface area contributed by atoms with Crippen molar-refractivity contribution in [3.63, 3.8) is 0 Å². The van der Waals surface area contributed by atoms with Crippen LogP contribution in [0.2, 0.25) is 5.54 Å². The van der Waals surface area contributed by atoms with Gasteiger partial charge in [0.2, 0.25) is 0 Å². The summed E-state index contributed by atoms with van der Waals surface area (Å²) in [6.07, 6.45) is -0.200. The molecule has 2 unspecified atom stereocenters. The predicted octanol–water partition coefficient (Wildman–Crippen LogP) is 3.26. The zero-order chi connectivity index (χ0) is 19.1. The fraction of sp³-hybridized carbons (Fsp3) is 0.167. The summed E-state index contributed by atoms with van der Waals surface area (Å²) in [6, 6.07) is 28.8. The first kappa shape index (κ1) is 19.1. The molecule has 3 rings (SSSR count). The fourth-order valence-corrected chi connectivity index (χ4v) is 6.79. The van der Waals surface area contributed by atoms with E-state index in [-0.39, 0.29) is 0 Å². The minimum atomic E-state index is -3.34. The van der Waals surface area contributed by atoms with Gasteiger partial charge >= 0.3 is 0 Å². The van der Waals surface area contributed by atoms with Gasteiger partial charge in [-0.25, -0.2) is 0 Å². The van der Waals surface area contributed by atoms with Crippen LogP contribution < -0.4 is 10.4 Å². The van der Waals surface area contributed by atoms with Crippen molar-refractivity contribution in [3.8, 4) is 11.8 Å². The van der Waals surface area contributed by atoms with Gasteiger partial charge in [-0.3, -0.25) is 0 Å². The molecule has 3 aromatic carbocycles. The van der Waals surface area contributed by atoms with Crippen LogP contribution in [0.5, 0.6) is 0 Å². The number of hydrogen-bond donors (Lipinski definition) is 2. The lowest BCUT2D eigenvalue weighted by Gasteiger charge is -2.34. The minimum absolute atomic E-state index is 0.579. The lowest BCUT2D eigenvalue weighted by atomic mass is 10.1. The topological polar surface area (TPSA) is 40.5 Å². The maximum absolute atomic E-state index is 12.1. The Morgan fingerprint density at radius 3 is 1.67 bits per heavy atom. The van der Waals surface area contributed by atoms with E-state index < -0.39 is 20.0 Å². The zero-order valence-corrected chi connectivity index (χ0v) is 16.4. The summed E-state index contributed by atoms with van der Waals surface area (Å²) in [5.74, 6) is 6.33. The summed E-state index contributed by atoms with van der Waals surface area (Å²) in [5, 5.41) is 12.9. The third kappa shape index (κ3) is 4.04. The van der Waals surface area contributed by atoms with Gasteiger partial charge in [-0.15, -0.1) is 5.92 Å². The first-order chi connectivity index (χ1) is 13.2. The average molecular weight is 373 g/mol. The van der Waals surface area contributed by atoms with Gasteiger partial charge in [-0.05, 0) is 15.9 Å². The Morgan fingerprint density at radius 1 is 0.778 bits per heavy atom. The van der Waals surface area contributed by atoms with Crippen molar-refractivity contribution < 1.29 is 9.90 Å². The lowest BCUT2D eigenvalue weighted by Crippen LogP contribution is -2.62. The molecule has 2 atom stereocenters. The Hall–Kier alpha value is -2.64. The van der Waals surface area contributed by atoms with Gasteiger partial charge < -0.3 is 9.90 Å². The van der Waals surface area contributed by atoms with Crippen LogP contribution in [0.3, 0.4) is 0 Å². The summed E-state index contributed by atoms with van der Waals surface area (Å²) < 4.78 is 0. The monoisotopic (exact) mass is 372 g/mol. The van der Waals surface area contributed by atoms with E-state index in [1.54, 1.807) is 0 Å². The molecule has 0 saturated heterocycles. The Bertz CT molecular complexity index is 859. The molecule has 0 saturated carbocycles. The van der Waals surface area contributed by atoms with Crippen molar-refractivity contribution >= 4 is 18.7 Å². The molecule has 0 amide bonds. The second-order valence-electron chi connectivity index (χ2n) is 6.51. The molecule has 0 aliphatic carbocycles. The molecule has 2 nitrogen and oxygen atoms in total. The van der Waals surface area contributed by atoms with Gasteiger partial charge in [0.15, 0.2) is 0 Å². The van der Waals surface area contributed by atoms with E-state index in [9.17, 15) is 9.90 Å². The third-order valence-electron chi connectivity index (χ3n) is 4.77. The quantitative estimate of drug-likeness (QED) is 0.533. The van der Waals surface area contributed by atoms with Crippen LogP contribution in [0.25, 0.3) is 0 Å². The van der Waals surface area contributed by atoms with E-state index in [2.05, 4.69) is 11.8 Å². The first-order valence-corrected chi connectivity index (χ1v) is 11.2. The Kier molecular flexibility index (Phi) is 6.26. The fourth-order valence-electron chi connectivity index (χ4n) is 3.38. The number of benzene rings is 3. The summed E-state index contributed by atoms with van der Waals surface area (Å²) in [5.41, 5.74) is 0.190. The van der Waals surface area contributed by atoms with Crippen molar-refractivity contribution in [2.75, 3.05) is 0 Å². The molecule has 0 aromatic heterocycles. The number of rotatable bonds is 5. The second-order valence-corrected chi connectivity index (χ2v) is 9.82. The molecule has 0 radical (unpaired) electrons. The number of aliphatic hydroxyl groups excluding tert-OH is 1. The molecule has 3 aromatic rings. The molecular formula is C24H24O2Si. The minimum Gasteiger partial charge on any atom is -0.423 e. The molecule has 0 heterocycles. The van der Waals surface area contributed by atoms with Crippen LogP contribution in [-0.4, -0.2) is 18.2 Å². The maximum Gasteiger partial charge on any atom is 0.270 e. The Morgan fingerprint density at radius 2 is 1.22 bits per heavy atom. The van der Waals surface area contributed by atoms with E-state index >= 15 is 0 Å². The highest BCUT2D eigenvalue weighted by molar-refractivity contribution is 6.98. The molecule has 3 heteroatoms. The standard InChI is InChI=1S/C24H24O2Si/c1-2-3-19-23(24(25)20-13-7-4-8-14-20)27(26,21-15-9-5-10-16-21)22-17-11-6-12-18-22/h4-18,23-26H,2H2,1H3. The van der Waals surface area contributed by atoms with Crippen molar-refractivity contribution in [2.24, 2.45) is 0 Å². The van der Waals surface area contributed by atoms with E-state index in [0.717, 1.165) is 15.9 Å². The predicted molar refractivity (Wildman–Crippen MR) is 113 cm³/mol. The molecule has 0 fully saturated rings. The molecular weight excluding hydrogens is 348 g/mol. The van der Waals surface area contributed by atoms with Crippen LogP contribution in [0, 0.1) is 11.8 Å². The zero-order valence-electron chi connectivity index (χ0n) is 15.4. The lowest BCUT2D eigenvalue weighted by molar-refractivity contribution is 0.177. The third-order valence-corrected chi connectivity index (χ3v) is 8.56. The van der Waals surface area contributed by atoms with Gasteiger partial charge in [-0.2, -0.15) is 0 Å². The first-order valence-electron chi connectivity index (χ1n) is 9.22. The second kappa shape index (κ2) is 8.83. The summed E-state index contributed by atoms with van der Waals surface area (Å²) in [6.45, 7) is 1.98. The van der Waals surface area contributed by atoms with E-state index in [4.69, 9.17) is 0 Å². The Balaban J connectivity index is 2.20. The van der Waals surface area contributed by atoms with Crippen molar-refractivity contribution in [2.45, 2.75) is 25.0 Å². The molecule has 0 bridgehead atoms. The number of hydrogen-bond acceptors (Lipinski definition) is 2. The average Bonchev–Trinajstić information content (AvgIpc) is 2.75. The van der Waals surface area contributed by atoms with Gasteiger partial charge in [0.1, 0.15) is 0 Å². The Labute approximate surface area is 162 Å². The highest BCUT2D eigenvalue weighted by Crippen LogP contribution is 2.33. The molecule has 0 aliphatic rings. The van der Waals surface area contributed by atoms with Crippen molar-refractivity contribution in [1.29, 1.82) is 0 Å². The largest absolute Gasteiger partial charge is 0.423 e. The smallest absolute Gasteiger partial charge is 0.270 e. The van der Waals surface area contributed by atoms with Gasteiger partial charge in [0.25, 0.3) is 8.32 Å². The van der Waals surface area contributed by atoms with Crippen LogP contribution in [0.4, 0.5) is 0 Å². The normalized spacial score (nSPS) is 13.3. The van der Waals surface area contributed by atoms with Crippen molar-refractivity contribution in [3.05, 3.63) is 96.6 Å². The summed E-state index contributed by atoms with van der Waals surface area (Å²) in [7, 11) is -3.34. The van der Waals surface area contributed by atoms with E-state index in [1.807, 2.05) is 97.9 Å². The molecule has 136 valence electrons. The van der Waals surface area contributed by atoms with Crippen LogP contribution in [0.15, 0.2) is 91.0 Å². The van der Waals surface area contributed by atoms with Gasteiger partial charge in [0, 0.05) is 6.42 Å². The van der Waals surface area contributed by atoms with Gasteiger partial charge in [-0.1, -0.05) is 104 Å². The van der Waals surface area contributed by atoms with Crippen molar-refractivity contribution in [1.82, 2.24) is 0 Å². The molecule has 0 spiro atoms. The maximum atomic E-state index is 12.1. The van der Waals surface area contributed by atoms with E-state index in [0.29, 0.717) is 6.42 Å². The highest BCUT2D eigenvalue weighted by atomic mass is 28.4. The van der Waals surface area contributed by atoms with Gasteiger partial charge in [0.05, 0.1) is 11.6 Å². The SMILES string of the molecule is CCC#CC(C(O)c1ccccc1)[Si](O)(c1ccccc1)c1ccccc1. The number of aliphatic hydroxyl groups is 1. The molecule has 2 N–H and O–H groups in total. The highest BCUT2D eigenvalue weighted by Gasteiger charge is 2.47. The van der Waals surface area contributed by atoms with Crippen LogP contribution >= 0.6 is 0 Å². The molecule has 27 heavy (non-hydrogen) atoms. The van der Waals surface area contributed by atoms with Crippen LogP contribution in [-0.2, 0) is 0 Å².